The fourth-order valence-electron chi connectivity index (χ4n) is 3.99. The van der Waals surface area contributed by atoms with Gasteiger partial charge in [-0.3, -0.25) is 9.69 Å². The van der Waals surface area contributed by atoms with Crippen LogP contribution in [0.3, 0.4) is 0 Å². The van der Waals surface area contributed by atoms with Crippen LogP contribution in [-0.4, -0.2) is 59.3 Å². The largest absolute Gasteiger partial charge is 0.352 e. The summed E-state index contributed by atoms with van der Waals surface area (Å²) in [5.41, 5.74) is 1.13. The van der Waals surface area contributed by atoms with Gasteiger partial charge in [-0.2, -0.15) is 0 Å². The average Bonchev–Trinajstić information content (AvgIpc) is 3.32. The average molecular weight is 372 g/mol. The highest BCUT2D eigenvalue weighted by molar-refractivity contribution is 7.18. The molecule has 2 saturated heterocycles. The van der Waals surface area contributed by atoms with Gasteiger partial charge in [0.15, 0.2) is 0 Å². The minimum Gasteiger partial charge on any atom is -0.352 e. The maximum atomic E-state index is 11.2. The van der Waals surface area contributed by atoms with Crippen LogP contribution in [0.1, 0.15) is 26.2 Å². The zero-order chi connectivity index (χ0) is 17.9. The Balaban J connectivity index is 1.32. The SMILES string of the molecule is CC(=O)NC1CCN(C2CCN(c3nnc(-c4ccccc4)s3)CC2)C1. The van der Waals surface area contributed by atoms with Crippen LogP contribution in [0.5, 0.6) is 0 Å². The van der Waals surface area contributed by atoms with E-state index in [1.165, 1.54) is 0 Å². The van der Waals surface area contributed by atoms with Gasteiger partial charge in [-0.05, 0) is 19.3 Å². The molecule has 2 aliphatic heterocycles. The van der Waals surface area contributed by atoms with Gasteiger partial charge in [0.1, 0.15) is 5.01 Å². The predicted octanol–water partition coefficient (Wildman–Crippen LogP) is 2.38. The molecule has 1 aromatic heterocycles. The van der Waals surface area contributed by atoms with E-state index < -0.39 is 0 Å². The van der Waals surface area contributed by atoms with E-state index in [-0.39, 0.29) is 5.91 Å². The summed E-state index contributed by atoms with van der Waals surface area (Å²) in [6.45, 7) is 5.73. The number of carbonyl (C=O) groups is 1. The van der Waals surface area contributed by atoms with E-state index in [1.54, 1.807) is 18.3 Å². The predicted molar refractivity (Wildman–Crippen MR) is 104 cm³/mol. The van der Waals surface area contributed by atoms with Crippen LogP contribution < -0.4 is 10.2 Å². The summed E-state index contributed by atoms with van der Waals surface area (Å²) in [6.07, 6.45) is 3.36. The Hall–Kier alpha value is -1.99. The van der Waals surface area contributed by atoms with E-state index in [0.29, 0.717) is 12.1 Å². The number of piperidine rings is 1. The second-order valence-electron chi connectivity index (χ2n) is 7.16. The minimum atomic E-state index is 0.0807. The van der Waals surface area contributed by atoms with Gasteiger partial charge in [0.25, 0.3) is 0 Å². The molecular weight excluding hydrogens is 346 g/mol. The molecule has 0 saturated carbocycles. The summed E-state index contributed by atoms with van der Waals surface area (Å²) >= 11 is 1.68. The maximum absolute atomic E-state index is 11.2. The van der Waals surface area contributed by atoms with Crippen molar-refractivity contribution in [2.75, 3.05) is 31.1 Å². The number of anilines is 1. The molecular formula is C19H25N5OS. The fraction of sp³-hybridized carbons (Fsp3) is 0.526. The number of hydrogen-bond donors (Lipinski definition) is 1. The van der Waals surface area contributed by atoms with E-state index >= 15 is 0 Å². The van der Waals surface area contributed by atoms with E-state index in [9.17, 15) is 4.79 Å². The fourth-order valence-corrected chi connectivity index (χ4v) is 4.89. The standard InChI is InChI=1S/C19H25N5OS/c1-14(25)20-16-7-10-24(13-16)17-8-11-23(12-9-17)19-22-21-18(26-19)15-5-3-2-4-6-15/h2-6,16-17H,7-13H2,1H3,(H,20,25). The number of hydrogen-bond acceptors (Lipinski definition) is 6. The molecule has 0 radical (unpaired) electrons. The first-order valence-electron chi connectivity index (χ1n) is 9.34. The Morgan fingerprint density at radius 3 is 2.62 bits per heavy atom. The molecule has 7 heteroatoms. The van der Waals surface area contributed by atoms with Crippen molar-refractivity contribution in [3.05, 3.63) is 30.3 Å². The summed E-state index contributed by atoms with van der Waals surface area (Å²) < 4.78 is 0. The molecule has 26 heavy (non-hydrogen) atoms. The Kier molecular flexibility index (Phi) is 5.17. The number of rotatable bonds is 4. The van der Waals surface area contributed by atoms with Crippen molar-refractivity contribution in [3.63, 3.8) is 0 Å². The van der Waals surface area contributed by atoms with Crippen LogP contribution in [0.4, 0.5) is 5.13 Å². The lowest BCUT2D eigenvalue weighted by Crippen LogP contribution is -2.45. The van der Waals surface area contributed by atoms with Crippen molar-refractivity contribution in [2.45, 2.75) is 38.3 Å². The molecule has 0 bridgehead atoms. The summed E-state index contributed by atoms with van der Waals surface area (Å²) in [7, 11) is 0. The molecule has 0 aliphatic carbocycles. The third-order valence-electron chi connectivity index (χ3n) is 5.31. The molecule has 3 heterocycles. The number of aromatic nitrogens is 2. The Labute approximate surface area is 158 Å². The molecule has 2 aliphatic rings. The highest BCUT2D eigenvalue weighted by atomic mass is 32.1. The number of likely N-dealkylation sites (tertiary alicyclic amines) is 1. The molecule has 1 N–H and O–H groups in total. The molecule has 0 spiro atoms. The van der Waals surface area contributed by atoms with E-state index in [0.717, 1.165) is 61.1 Å². The van der Waals surface area contributed by atoms with Gasteiger partial charge in [-0.25, -0.2) is 0 Å². The Morgan fingerprint density at radius 2 is 1.88 bits per heavy atom. The van der Waals surface area contributed by atoms with Gasteiger partial charge in [0.2, 0.25) is 11.0 Å². The first kappa shape index (κ1) is 17.4. The topological polar surface area (TPSA) is 61.4 Å². The third kappa shape index (κ3) is 3.88. The van der Waals surface area contributed by atoms with Crippen molar-refractivity contribution < 1.29 is 4.79 Å². The second-order valence-corrected chi connectivity index (χ2v) is 8.11. The number of nitrogens with zero attached hydrogens (tertiary/aromatic N) is 4. The highest BCUT2D eigenvalue weighted by Gasteiger charge is 2.31. The van der Waals surface area contributed by atoms with E-state index in [4.69, 9.17) is 0 Å². The van der Waals surface area contributed by atoms with Crippen molar-refractivity contribution in [3.8, 4) is 10.6 Å². The van der Waals surface area contributed by atoms with Crippen molar-refractivity contribution >= 4 is 22.4 Å². The molecule has 1 aromatic carbocycles. The smallest absolute Gasteiger partial charge is 0.217 e. The summed E-state index contributed by atoms with van der Waals surface area (Å²) in [5.74, 6) is 0.0807. The lowest BCUT2D eigenvalue weighted by atomic mass is 10.0. The Bertz CT molecular complexity index is 741. The molecule has 1 atom stereocenters. The molecule has 4 rings (SSSR count). The monoisotopic (exact) mass is 371 g/mol. The number of amides is 1. The maximum Gasteiger partial charge on any atom is 0.217 e. The van der Waals surface area contributed by atoms with E-state index in [1.807, 2.05) is 18.2 Å². The first-order chi connectivity index (χ1) is 12.7. The molecule has 2 aromatic rings. The van der Waals surface area contributed by atoms with Crippen LogP contribution in [0, 0.1) is 0 Å². The third-order valence-corrected chi connectivity index (χ3v) is 6.35. The van der Waals surface area contributed by atoms with Crippen LogP contribution in [0.2, 0.25) is 0 Å². The van der Waals surface area contributed by atoms with Crippen LogP contribution >= 0.6 is 11.3 Å². The van der Waals surface area contributed by atoms with Gasteiger partial charge in [-0.15, -0.1) is 10.2 Å². The highest BCUT2D eigenvalue weighted by Crippen LogP contribution is 2.31. The quantitative estimate of drug-likeness (QED) is 0.894. The summed E-state index contributed by atoms with van der Waals surface area (Å²) in [6, 6.07) is 11.2. The van der Waals surface area contributed by atoms with Gasteiger partial charge < -0.3 is 10.2 Å². The normalized spacial score (nSPS) is 21.9. The number of benzene rings is 1. The molecule has 1 unspecified atom stereocenters. The molecule has 1 amide bonds. The molecule has 6 nitrogen and oxygen atoms in total. The second kappa shape index (κ2) is 7.72. The number of nitrogens with one attached hydrogen (secondary N) is 1. The van der Waals surface area contributed by atoms with Crippen molar-refractivity contribution in [1.29, 1.82) is 0 Å². The summed E-state index contributed by atoms with van der Waals surface area (Å²) in [5, 5.41) is 13.9. The van der Waals surface area contributed by atoms with E-state index in [2.05, 4.69) is 37.4 Å². The minimum absolute atomic E-state index is 0.0807. The lowest BCUT2D eigenvalue weighted by Gasteiger charge is -2.36. The molecule has 2 fully saturated rings. The van der Waals surface area contributed by atoms with Gasteiger partial charge in [0, 0.05) is 50.7 Å². The van der Waals surface area contributed by atoms with Gasteiger partial charge >= 0.3 is 0 Å². The Morgan fingerprint density at radius 1 is 1.12 bits per heavy atom. The zero-order valence-electron chi connectivity index (χ0n) is 15.1. The summed E-state index contributed by atoms with van der Waals surface area (Å²) in [4.78, 5) is 16.2. The van der Waals surface area contributed by atoms with Crippen molar-refractivity contribution in [2.24, 2.45) is 0 Å². The van der Waals surface area contributed by atoms with Crippen LogP contribution in [0.25, 0.3) is 10.6 Å². The molecule has 138 valence electrons. The lowest BCUT2D eigenvalue weighted by molar-refractivity contribution is -0.119. The first-order valence-corrected chi connectivity index (χ1v) is 10.2. The van der Waals surface area contributed by atoms with Gasteiger partial charge in [-0.1, -0.05) is 41.7 Å². The van der Waals surface area contributed by atoms with Crippen LogP contribution in [0.15, 0.2) is 30.3 Å². The van der Waals surface area contributed by atoms with Crippen molar-refractivity contribution in [1.82, 2.24) is 20.4 Å². The number of carbonyl (C=O) groups excluding carboxylic acids is 1. The zero-order valence-corrected chi connectivity index (χ0v) is 15.9. The van der Waals surface area contributed by atoms with Gasteiger partial charge in [0.05, 0.1) is 0 Å². The van der Waals surface area contributed by atoms with Crippen LogP contribution in [-0.2, 0) is 4.79 Å².